The third kappa shape index (κ3) is 11.6. The van der Waals surface area contributed by atoms with Crippen LogP contribution in [0, 0.1) is 0 Å². The lowest BCUT2D eigenvalue weighted by molar-refractivity contribution is 0.522. The van der Waals surface area contributed by atoms with E-state index in [2.05, 4.69) is 11.6 Å². The van der Waals surface area contributed by atoms with Gasteiger partial charge in [-0.15, -0.1) is 11.6 Å². The first-order valence-electron chi connectivity index (χ1n) is 10.7. The molecule has 5 heteroatoms. The fourth-order valence-electron chi connectivity index (χ4n) is 3.31. The Morgan fingerprint density at radius 1 is 0.852 bits per heavy atom. The summed E-state index contributed by atoms with van der Waals surface area (Å²) < 4.78 is 28.4. The fraction of sp³-hybridized carbons (Fsp3) is 0.727. The van der Waals surface area contributed by atoms with E-state index in [4.69, 9.17) is 11.6 Å². The summed E-state index contributed by atoms with van der Waals surface area (Å²) in [5, 5.41) is -0.369. The largest absolute Gasteiger partial charge is 0.283 e. The Morgan fingerprint density at radius 3 is 1.96 bits per heavy atom. The Kier molecular flexibility index (Phi) is 12.9. The van der Waals surface area contributed by atoms with Crippen LogP contribution in [-0.4, -0.2) is 19.0 Å². The molecule has 1 N–H and O–H groups in total. The number of benzene rings is 1. The van der Waals surface area contributed by atoms with Crippen LogP contribution in [0.2, 0.25) is 0 Å². The van der Waals surface area contributed by atoms with Crippen molar-refractivity contribution < 1.29 is 8.42 Å². The van der Waals surface area contributed by atoms with Crippen LogP contribution in [0.5, 0.6) is 0 Å². The molecule has 0 spiro atoms. The molecule has 2 atom stereocenters. The zero-order valence-electron chi connectivity index (χ0n) is 17.1. The fourth-order valence-corrected chi connectivity index (χ4v) is 4.99. The van der Waals surface area contributed by atoms with Crippen molar-refractivity contribution in [2.75, 3.05) is 4.72 Å². The Hall–Kier alpha value is -0.740. The van der Waals surface area contributed by atoms with Gasteiger partial charge in [0.2, 0.25) is 10.0 Å². The standard InChI is InChI=1S/C22H38ClNO2S/c1-3-4-5-6-7-8-9-10-14-17-22(19-18-20(2)23)27(25,26)24-21-15-12-11-13-16-21/h11-13,15-16,20,22,24H,3-10,14,17-19H2,1-2H3. The van der Waals surface area contributed by atoms with Crippen molar-refractivity contribution in [2.24, 2.45) is 0 Å². The number of halogens is 1. The number of anilines is 1. The molecular formula is C22H38ClNO2S. The van der Waals surface area contributed by atoms with Crippen LogP contribution in [0.25, 0.3) is 0 Å². The van der Waals surface area contributed by atoms with Crippen molar-refractivity contribution in [1.82, 2.24) is 0 Å². The van der Waals surface area contributed by atoms with E-state index in [1.807, 2.05) is 25.1 Å². The summed E-state index contributed by atoms with van der Waals surface area (Å²) in [4.78, 5) is 0. The third-order valence-electron chi connectivity index (χ3n) is 4.99. The number of rotatable bonds is 16. The van der Waals surface area contributed by atoms with Crippen molar-refractivity contribution in [3.63, 3.8) is 0 Å². The van der Waals surface area contributed by atoms with Crippen LogP contribution >= 0.6 is 11.6 Å². The molecule has 0 saturated heterocycles. The molecule has 0 aromatic heterocycles. The van der Waals surface area contributed by atoms with E-state index in [1.54, 1.807) is 12.1 Å². The molecule has 0 bridgehead atoms. The van der Waals surface area contributed by atoms with Gasteiger partial charge in [-0.2, -0.15) is 0 Å². The van der Waals surface area contributed by atoms with Gasteiger partial charge in [-0.3, -0.25) is 4.72 Å². The van der Waals surface area contributed by atoms with Crippen LogP contribution < -0.4 is 4.72 Å². The lowest BCUT2D eigenvalue weighted by Crippen LogP contribution is -2.28. The highest BCUT2D eigenvalue weighted by atomic mass is 35.5. The van der Waals surface area contributed by atoms with Gasteiger partial charge in [-0.05, 0) is 38.3 Å². The highest BCUT2D eigenvalue weighted by Gasteiger charge is 2.25. The normalized spacial score (nSPS) is 14.0. The van der Waals surface area contributed by atoms with Crippen molar-refractivity contribution in [3.05, 3.63) is 30.3 Å². The average Bonchev–Trinajstić information content (AvgIpc) is 2.62. The maximum atomic E-state index is 12.8. The summed E-state index contributed by atoms with van der Waals surface area (Å²) in [7, 11) is -3.39. The summed E-state index contributed by atoms with van der Waals surface area (Å²) in [5.74, 6) is 0. The SMILES string of the molecule is CCCCCCCCCCCC(CCC(C)Cl)S(=O)(=O)Nc1ccccc1. The van der Waals surface area contributed by atoms with Crippen molar-refractivity contribution in [1.29, 1.82) is 0 Å². The van der Waals surface area contributed by atoms with E-state index in [1.165, 1.54) is 44.9 Å². The van der Waals surface area contributed by atoms with E-state index < -0.39 is 10.0 Å². The number of hydrogen-bond donors (Lipinski definition) is 1. The number of unbranched alkanes of at least 4 members (excludes halogenated alkanes) is 8. The summed E-state index contributed by atoms with van der Waals surface area (Å²) in [6.45, 7) is 4.16. The summed E-state index contributed by atoms with van der Waals surface area (Å²) in [5.41, 5.74) is 0.633. The molecule has 0 heterocycles. The number of alkyl halides is 1. The Morgan fingerprint density at radius 2 is 1.41 bits per heavy atom. The summed E-state index contributed by atoms with van der Waals surface area (Å²) >= 11 is 6.07. The Balaban J connectivity index is 2.42. The van der Waals surface area contributed by atoms with Gasteiger partial charge in [-0.25, -0.2) is 8.42 Å². The van der Waals surface area contributed by atoms with Gasteiger partial charge in [0.25, 0.3) is 0 Å². The van der Waals surface area contributed by atoms with Crippen LogP contribution in [0.4, 0.5) is 5.69 Å². The molecule has 0 amide bonds. The number of sulfonamides is 1. The summed E-state index contributed by atoms with van der Waals surface area (Å²) in [6.07, 6.45) is 13.2. The third-order valence-corrected chi connectivity index (χ3v) is 7.08. The molecule has 0 saturated carbocycles. The molecule has 0 aliphatic rings. The van der Waals surface area contributed by atoms with E-state index in [0.717, 1.165) is 19.3 Å². The molecule has 156 valence electrons. The smallest absolute Gasteiger partial charge is 0.235 e. The van der Waals surface area contributed by atoms with E-state index in [-0.39, 0.29) is 10.6 Å². The van der Waals surface area contributed by atoms with Gasteiger partial charge < -0.3 is 0 Å². The van der Waals surface area contributed by atoms with Crippen molar-refractivity contribution >= 4 is 27.3 Å². The maximum absolute atomic E-state index is 12.8. The molecule has 0 aliphatic heterocycles. The van der Waals surface area contributed by atoms with Gasteiger partial charge in [-0.1, -0.05) is 82.9 Å². The first kappa shape index (κ1) is 24.3. The minimum atomic E-state index is -3.39. The van der Waals surface area contributed by atoms with Crippen molar-refractivity contribution in [3.8, 4) is 0 Å². The zero-order chi connectivity index (χ0) is 20.0. The molecule has 0 fully saturated rings. The second-order valence-corrected chi connectivity index (χ2v) is 10.3. The molecular weight excluding hydrogens is 378 g/mol. The van der Waals surface area contributed by atoms with E-state index in [9.17, 15) is 8.42 Å². The monoisotopic (exact) mass is 415 g/mol. The maximum Gasteiger partial charge on any atom is 0.235 e. The number of para-hydroxylation sites is 1. The highest BCUT2D eigenvalue weighted by Crippen LogP contribution is 2.22. The van der Waals surface area contributed by atoms with Crippen LogP contribution in [-0.2, 0) is 10.0 Å². The lowest BCUT2D eigenvalue weighted by Gasteiger charge is -2.19. The second-order valence-electron chi connectivity index (χ2n) is 7.61. The zero-order valence-corrected chi connectivity index (χ0v) is 18.7. The molecule has 0 radical (unpaired) electrons. The quantitative estimate of drug-likeness (QED) is 0.230. The molecule has 1 aromatic rings. The van der Waals surface area contributed by atoms with Crippen LogP contribution in [0.3, 0.4) is 0 Å². The summed E-state index contributed by atoms with van der Waals surface area (Å²) in [6, 6.07) is 9.14. The second kappa shape index (κ2) is 14.3. The van der Waals surface area contributed by atoms with Gasteiger partial charge >= 0.3 is 0 Å². The van der Waals surface area contributed by atoms with Gasteiger partial charge in [0.05, 0.1) is 5.25 Å². The van der Waals surface area contributed by atoms with Gasteiger partial charge in [0.1, 0.15) is 0 Å². The minimum Gasteiger partial charge on any atom is -0.283 e. The van der Waals surface area contributed by atoms with Crippen molar-refractivity contribution in [2.45, 2.75) is 102 Å². The minimum absolute atomic E-state index is 0.00236. The number of nitrogens with one attached hydrogen (secondary N) is 1. The van der Waals surface area contributed by atoms with E-state index in [0.29, 0.717) is 18.5 Å². The molecule has 1 rings (SSSR count). The predicted molar refractivity (Wildman–Crippen MR) is 119 cm³/mol. The number of hydrogen-bond acceptors (Lipinski definition) is 2. The highest BCUT2D eigenvalue weighted by molar-refractivity contribution is 7.93. The molecule has 1 aromatic carbocycles. The Labute approximate surface area is 172 Å². The van der Waals surface area contributed by atoms with Gasteiger partial charge in [0.15, 0.2) is 0 Å². The average molecular weight is 416 g/mol. The molecule has 0 aliphatic carbocycles. The van der Waals surface area contributed by atoms with Gasteiger partial charge in [0, 0.05) is 11.1 Å². The van der Waals surface area contributed by atoms with E-state index >= 15 is 0 Å². The molecule has 27 heavy (non-hydrogen) atoms. The van der Waals surface area contributed by atoms with Crippen LogP contribution in [0.1, 0.15) is 90.9 Å². The molecule has 2 unspecified atom stereocenters. The first-order chi connectivity index (χ1) is 13.0. The lowest BCUT2D eigenvalue weighted by atomic mass is 10.0. The predicted octanol–water partition coefficient (Wildman–Crippen LogP) is 7.13. The first-order valence-corrected chi connectivity index (χ1v) is 12.6. The topological polar surface area (TPSA) is 46.2 Å². The molecule has 3 nitrogen and oxygen atoms in total. The van der Waals surface area contributed by atoms with Crippen LogP contribution in [0.15, 0.2) is 30.3 Å². The Bertz CT molecular complexity index is 575.